The van der Waals surface area contributed by atoms with Gasteiger partial charge < -0.3 is 19.9 Å². The number of amides is 1. The Morgan fingerprint density at radius 1 is 1.04 bits per heavy atom. The van der Waals surface area contributed by atoms with Gasteiger partial charge in [0.2, 0.25) is 5.91 Å². The predicted octanol–water partition coefficient (Wildman–Crippen LogP) is 2.66. The van der Waals surface area contributed by atoms with E-state index in [1.165, 1.54) is 0 Å². The number of ether oxygens (including phenoxy) is 2. The average molecular weight is 329 g/mol. The van der Waals surface area contributed by atoms with Crippen LogP contribution in [0.3, 0.4) is 0 Å². The quantitative estimate of drug-likeness (QED) is 0.819. The molecule has 0 saturated carbocycles. The third kappa shape index (κ3) is 4.06. The molecule has 2 atom stereocenters. The van der Waals surface area contributed by atoms with E-state index < -0.39 is 6.04 Å². The Kier molecular flexibility index (Phi) is 6.21. The summed E-state index contributed by atoms with van der Waals surface area (Å²) in [6.45, 7) is 1.66. The van der Waals surface area contributed by atoms with Gasteiger partial charge in [0.05, 0.1) is 32.8 Å². The number of methoxy groups -OCH3 is 2. The van der Waals surface area contributed by atoms with Crippen LogP contribution in [-0.2, 0) is 4.79 Å². The lowest BCUT2D eigenvalue weighted by atomic mass is 9.98. The van der Waals surface area contributed by atoms with Crippen molar-refractivity contribution in [1.29, 1.82) is 0 Å². The van der Waals surface area contributed by atoms with Crippen molar-refractivity contribution in [3.05, 3.63) is 59.7 Å². The molecule has 5 nitrogen and oxygen atoms in total. The first-order valence-electron chi connectivity index (χ1n) is 7.78. The Morgan fingerprint density at radius 2 is 1.71 bits per heavy atom. The molecular weight excluding hydrogens is 306 g/mol. The van der Waals surface area contributed by atoms with Crippen LogP contribution in [0.4, 0.5) is 0 Å². The third-order valence-electron chi connectivity index (χ3n) is 4.00. The van der Waals surface area contributed by atoms with E-state index in [2.05, 4.69) is 5.32 Å². The number of nitrogens with one attached hydrogen (secondary N) is 1. The van der Waals surface area contributed by atoms with Gasteiger partial charge in [0, 0.05) is 0 Å². The first-order chi connectivity index (χ1) is 11.6. The minimum absolute atomic E-state index is 0.158. The SMILES string of the molecule is COc1ccc(C(C)C(=O)N[C@@H](CO)c2ccccc2)cc1OC. The highest BCUT2D eigenvalue weighted by Gasteiger charge is 2.21. The minimum atomic E-state index is -0.429. The molecule has 0 fully saturated rings. The van der Waals surface area contributed by atoms with E-state index in [9.17, 15) is 9.90 Å². The number of carbonyl (C=O) groups excluding carboxylic acids is 1. The van der Waals surface area contributed by atoms with Crippen LogP contribution in [0.15, 0.2) is 48.5 Å². The highest BCUT2D eigenvalue weighted by Crippen LogP contribution is 2.30. The standard InChI is InChI=1S/C19H23NO4/c1-13(15-9-10-17(23-2)18(11-15)24-3)19(22)20-16(12-21)14-7-5-4-6-8-14/h4-11,13,16,21H,12H2,1-3H3,(H,20,22)/t13?,16-/m0/s1. The van der Waals surface area contributed by atoms with Crippen molar-refractivity contribution >= 4 is 5.91 Å². The maximum atomic E-state index is 12.5. The van der Waals surface area contributed by atoms with Gasteiger partial charge in [-0.15, -0.1) is 0 Å². The van der Waals surface area contributed by atoms with Gasteiger partial charge in [-0.1, -0.05) is 36.4 Å². The van der Waals surface area contributed by atoms with Crippen molar-refractivity contribution in [3.63, 3.8) is 0 Å². The second-order valence-electron chi connectivity index (χ2n) is 5.49. The molecule has 1 amide bonds. The van der Waals surface area contributed by atoms with E-state index in [4.69, 9.17) is 9.47 Å². The van der Waals surface area contributed by atoms with Crippen molar-refractivity contribution in [1.82, 2.24) is 5.32 Å². The summed E-state index contributed by atoms with van der Waals surface area (Å²) >= 11 is 0. The first-order valence-corrected chi connectivity index (χ1v) is 7.78. The molecule has 2 N–H and O–H groups in total. The van der Waals surface area contributed by atoms with Gasteiger partial charge >= 0.3 is 0 Å². The van der Waals surface area contributed by atoms with Crippen LogP contribution in [-0.4, -0.2) is 31.8 Å². The Bertz CT molecular complexity index is 672. The molecule has 2 rings (SSSR count). The molecule has 0 aliphatic rings. The summed E-state index contributed by atoms with van der Waals surface area (Å²) < 4.78 is 10.5. The van der Waals surface area contributed by atoms with Crippen molar-refractivity contribution < 1.29 is 19.4 Å². The Morgan fingerprint density at radius 3 is 2.29 bits per heavy atom. The van der Waals surface area contributed by atoms with Gasteiger partial charge in [-0.25, -0.2) is 0 Å². The monoisotopic (exact) mass is 329 g/mol. The predicted molar refractivity (Wildman–Crippen MR) is 92.4 cm³/mol. The Labute approximate surface area is 142 Å². The molecule has 24 heavy (non-hydrogen) atoms. The summed E-state index contributed by atoms with van der Waals surface area (Å²) in [7, 11) is 3.13. The molecular formula is C19H23NO4. The third-order valence-corrected chi connectivity index (χ3v) is 4.00. The molecule has 2 aromatic carbocycles. The largest absolute Gasteiger partial charge is 0.493 e. The smallest absolute Gasteiger partial charge is 0.227 e. The van der Waals surface area contributed by atoms with Crippen LogP contribution in [0, 0.1) is 0 Å². The summed E-state index contributed by atoms with van der Waals surface area (Å²) in [4.78, 5) is 12.5. The molecule has 0 spiro atoms. The van der Waals surface area contributed by atoms with Gasteiger partial charge in [-0.3, -0.25) is 4.79 Å². The number of carbonyl (C=O) groups is 1. The zero-order valence-electron chi connectivity index (χ0n) is 14.2. The van der Waals surface area contributed by atoms with Crippen LogP contribution in [0.25, 0.3) is 0 Å². The molecule has 128 valence electrons. The van der Waals surface area contributed by atoms with E-state index in [0.717, 1.165) is 11.1 Å². The zero-order valence-corrected chi connectivity index (χ0v) is 14.2. The molecule has 0 aliphatic carbocycles. The summed E-state index contributed by atoms with van der Waals surface area (Å²) in [5.41, 5.74) is 1.68. The first kappa shape index (κ1) is 17.8. The Hall–Kier alpha value is -2.53. The van der Waals surface area contributed by atoms with E-state index in [0.29, 0.717) is 11.5 Å². The van der Waals surface area contributed by atoms with Crippen molar-refractivity contribution in [2.75, 3.05) is 20.8 Å². The minimum Gasteiger partial charge on any atom is -0.493 e. The number of benzene rings is 2. The zero-order chi connectivity index (χ0) is 17.5. The molecule has 0 heterocycles. The topological polar surface area (TPSA) is 67.8 Å². The van der Waals surface area contributed by atoms with Crippen LogP contribution in [0.1, 0.15) is 30.0 Å². The van der Waals surface area contributed by atoms with E-state index >= 15 is 0 Å². The lowest BCUT2D eigenvalue weighted by Gasteiger charge is -2.20. The number of rotatable bonds is 7. The highest BCUT2D eigenvalue weighted by atomic mass is 16.5. The molecule has 0 radical (unpaired) electrons. The summed E-state index contributed by atoms with van der Waals surface area (Å²) in [6.07, 6.45) is 0. The van der Waals surface area contributed by atoms with E-state index in [1.54, 1.807) is 26.4 Å². The van der Waals surface area contributed by atoms with Crippen LogP contribution >= 0.6 is 0 Å². The van der Waals surface area contributed by atoms with Gasteiger partial charge in [-0.05, 0) is 30.2 Å². The second kappa shape index (κ2) is 8.36. The summed E-state index contributed by atoms with van der Waals surface area (Å²) in [5, 5.41) is 12.5. The fraction of sp³-hybridized carbons (Fsp3) is 0.316. The molecule has 0 aromatic heterocycles. The van der Waals surface area contributed by atoms with E-state index in [1.807, 2.05) is 43.3 Å². The highest BCUT2D eigenvalue weighted by molar-refractivity contribution is 5.83. The number of aliphatic hydroxyl groups excluding tert-OH is 1. The average Bonchev–Trinajstić information content (AvgIpc) is 2.65. The lowest BCUT2D eigenvalue weighted by molar-refractivity contribution is -0.123. The Balaban J connectivity index is 2.14. The number of aliphatic hydroxyl groups is 1. The van der Waals surface area contributed by atoms with Crippen LogP contribution in [0.5, 0.6) is 11.5 Å². The van der Waals surface area contributed by atoms with Crippen LogP contribution in [0.2, 0.25) is 0 Å². The molecule has 0 bridgehead atoms. The molecule has 1 unspecified atom stereocenters. The van der Waals surface area contributed by atoms with Crippen molar-refractivity contribution in [2.45, 2.75) is 18.9 Å². The molecule has 0 aliphatic heterocycles. The number of hydrogen-bond acceptors (Lipinski definition) is 4. The van der Waals surface area contributed by atoms with Crippen LogP contribution < -0.4 is 14.8 Å². The second-order valence-corrected chi connectivity index (χ2v) is 5.49. The maximum Gasteiger partial charge on any atom is 0.227 e. The van der Waals surface area contributed by atoms with Gasteiger partial charge in [-0.2, -0.15) is 0 Å². The fourth-order valence-electron chi connectivity index (χ4n) is 2.49. The van der Waals surface area contributed by atoms with E-state index in [-0.39, 0.29) is 18.4 Å². The number of hydrogen-bond donors (Lipinski definition) is 2. The van der Waals surface area contributed by atoms with Gasteiger partial charge in [0.15, 0.2) is 11.5 Å². The molecule has 0 saturated heterocycles. The lowest BCUT2D eigenvalue weighted by Crippen LogP contribution is -2.33. The molecule has 2 aromatic rings. The molecule has 5 heteroatoms. The maximum absolute atomic E-state index is 12.5. The summed E-state index contributed by atoms with van der Waals surface area (Å²) in [6, 6.07) is 14.4. The fourth-order valence-corrected chi connectivity index (χ4v) is 2.49. The van der Waals surface area contributed by atoms with Gasteiger partial charge in [0.1, 0.15) is 0 Å². The van der Waals surface area contributed by atoms with Crippen molar-refractivity contribution in [3.8, 4) is 11.5 Å². The van der Waals surface area contributed by atoms with Gasteiger partial charge in [0.25, 0.3) is 0 Å². The normalized spacial score (nSPS) is 13.0. The van der Waals surface area contributed by atoms with Crippen molar-refractivity contribution in [2.24, 2.45) is 0 Å². The summed E-state index contributed by atoms with van der Waals surface area (Å²) in [5.74, 6) is 0.649.